The first-order valence-corrected chi connectivity index (χ1v) is 2.51. The van der Waals surface area contributed by atoms with Crippen LogP contribution in [0.2, 0.25) is 0 Å². The van der Waals surface area contributed by atoms with Crippen LogP contribution in [0.3, 0.4) is 0 Å². The van der Waals surface area contributed by atoms with Crippen LogP contribution >= 0.6 is 0 Å². The monoisotopic (exact) mass is 126 g/mol. The third-order valence-corrected chi connectivity index (χ3v) is 0.920. The van der Waals surface area contributed by atoms with Crippen LogP contribution < -0.4 is 0 Å². The van der Waals surface area contributed by atoms with E-state index < -0.39 is 6.36 Å². The van der Waals surface area contributed by atoms with Crippen molar-refractivity contribution in [2.75, 3.05) is 0 Å². The van der Waals surface area contributed by atoms with Gasteiger partial charge in [0.15, 0.2) is 0 Å². The van der Waals surface area contributed by atoms with E-state index in [9.17, 15) is 9.50 Å². The van der Waals surface area contributed by atoms with Crippen molar-refractivity contribution in [1.29, 1.82) is 0 Å². The zero-order valence-corrected chi connectivity index (χ0v) is 4.62. The molecule has 1 rings (SSSR count). The summed E-state index contributed by atoms with van der Waals surface area (Å²) in [4.78, 5) is 3.49. The molecule has 1 radical (unpaired) electrons. The average Bonchev–Trinajstić information content (AvgIpc) is 1.90. The maximum Gasteiger partial charge on any atom is 0.273 e. The summed E-state index contributed by atoms with van der Waals surface area (Å²) in [5.41, 5.74) is -0.0579. The molecule has 0 saturated heterocycles. The van der Waals surface area contributed by atoms with Crippen LogP contribution in [0, 0.1) is 0 Å². The zero-order valence-electron chi connectivity index (χ0n) is 4.62. The molecule has 0 amide bonds. The highest BCUT2D eigenvalue weighted by atomic mass is 19.1. The Hall–Kier alpha value is -0.960. The molecule has 0 aliphatic heterocycles. The Balaban J connectivity index is 2.85. The first-order valence-electron chi connectivity index (χ1n) is 2.51. The number of hydrogen-bond donors (Lipinski definition) is 0. The van der Waals surface area contributed by atoms with E-state index in [0.29, 0.717) is 0 Å². The van der Waals surface area contributed by atoms with Gasteiger partial charge in [-0.25, -0.2) is 4.39 Å². The number of halogens is 1. The molecule has 0 fully saturated rings. The van der Waals surface area contributed by atoms with Gasteiger partial charge >= 0.3 is 0 Å². The minimum absolute atomic E-state index is 0.0579. The van der Waals surface area contributed by atoms with Gasteiger partial charge in [0.05, 0.1) is 0 Å². The maximum absolute atomic E-state index is 11.8. The second-order valence-corrected chi connectivity index (χ2v) is 1.57. The van der Waals surface area contributed by atoms with Crippen molar-refractivity contribution in [1.82, 2.24) is 4.98 Å². The van der Waals surface area contributed by atoms with Crippen molar-refractivity contribution >= 4 is 0 Å². The van der Waals surface area contributed by atoms with E-state index >= 15 is 0 Å². The minimum atomic E-state index is -2.20. The minimum Gasteiger partial charge on any atom is -0.255 e. The molecule has 9 heavy (non-hydrogen) atoms. The summed E-state index contributed by atoms with van der Waals surface area (Å²) < 4.78 is 11.8. The second kappa shape index (κ2) is 2.55. The van der Waals surface area contributed by atoms with Crippen LogP contribution in [0.5, 0.6) is 0 Å². The third-order valence-electron chi connectivity index (χ3n) is 0.920. The van der Waals surface area contributed by atoms with Gasteiger partial charge in [-0.3, -0.25) is 4.98 Å². The Bertz CT molecular complexity index is 176. The molecule has 1 aromatic heterocycles. The van der Waals surface area contributed by atoms with Crippen molar-refractivity contribution in [2.45, 2.75) is 6.36 Å². The summed E-state index contributed by atoms with van der Waals surface area (Å²) in [5, 5.41) is 10.00. The van der Waals surface area contributed by atoms with E-state index in [-0.39, 0.29) is 5.69 Å². The highest BCUT2D eigenvalue weighted by molar-refractivity contribution is 5.03. The van der Waals surface area contributed by atoms with Crippen molar-refractivity contribution in [3.63, 3.8) is 0 Å². The van der Waals surface area contributed by atoms with Gasteiger partial charge in [-0.1, -0.05) is 6.07 Å². The van der Waals surface area contributed by atoms with Gasteiger partial charge in [0, 0.05) is 6.20 Å². The van der Waals surface area contributed by atoms with E-state index in [4.69, 9.17) is 0 Å². The number of hydrogen-bond acceptors (Lipinski definition) is 1. The highest BCUT2D eigenvalue weighted by Crippen LogP contribution is 2.08. The molecule has 1 unspecified atom stereocenters. The van der Waals surface area contributed by atoms with Gasteiger partial charge in [0.2, 0.25) is 0 Å². The molecule has 0 aliphatic carbocycles. The van der Waals surface area contributed by atoms with Crippen molar-refractivity contribution < 1.29 is 9.50 Å². The molecule has 0 aromatic carbocycles. The maximum atomic E-state index is 11.8. The smallest absolute Gasteiger partial charge is 0.255 e. The van der Waals surface area contributed by atoms with E-state index in [0.717, 1.165) is 0 Å². The van der Waals surface area contributed by atoms with Gasteiger partial charge < -0.3 is 0 Å². The van der Waals surface area contributed by atoms with E-state index in [1.807, 2.05) is 0 Å². The van der Waals surface area contributed by atoms with Gasteiger partial charge in [-0.15, -0.1) is 0 Å². The van der Waals surface area contributed by atoms with Crippen LogP contribution in [-0.2, 0) is 5.11 Å². The predicted octanol–water partition coefficient (Wildman–Crippen LogP) is 1.48. The lowest BCUT2D eigenvalue weighted by molar-refractivity contribution is -0.0281. The van der Waals surface area contributed by atoms with Crippen LogP contribution in [0.25, 0.3) is 0 Å². The largest absolute Gasteiger partial charge is 0.273 e. The summed E-state index contributed by atoms with van der Waals surface area (Å²) in [7, 11) is 0. The fourth-order valence-corrected chi connectivity index (χ4v) is 0.510. The third kappa shape index (κ3) is 1.47. The quantitative estimate of drug-likeness (QED) is 0.561. The number of aromatic nitrogens is 1. The highest BCUT2D eigenvalue weighted by Gasteiger charge is 2.04. The molecule has 2 nitrogen and oxygen atoms in total. The van der Waals surface area contributed by atoms with Crippen molar-refractivity contribution in [2.24, 2.45) is 0 Å². The summed E-state index contributed by atoms with van der Waals surface area (Å²) >= 11 is 0. The number of alkyl halides is 1. The lowest BCUT2D eigenvalue weighted by atomic mass is 10.4. The van der Waals surface area contributed by atoms with Gasteiger partial charge in [-0.05, 0) is 12.1 Å². The fraction of sp³-hybridized carbons (Fsp3) is 0.167. The number of nitrogens with zero attached hydrogens (tertiary/aromatic N) is 1. The Kier molecular flexibility index (Phi) is 1.75. The molecule has 1 atom stereocenters. The molecule has 0 bridgehead atoms. The van der Waals surface area contributed by atoms with Gasteiger partial charge in [0.1, 0.15) is 5.69 Å². The Labute approximate surface area is 52.0 Å². The standard InChI is InChI=1S/C6H5FNO/c7-6(9)5-3-1-2-4-8-5/h1-4,6H. The number of pyridine rings is 1. The number of rotatable bonds is 1. The summed E-state index contributed by atoms with van der Waals surface area (Å²) in [5.74, 6) is 0. The summed E-state index contributed by atoms with van der Waals surface area (Å²) in [6.07, 6.45) is -0.814. The Morgan fingerprint density at radius 3 is 2.67 bits per heavy atom. The van der Waals surface area contributed by atoms with Crippen LogP contribution in [0.4, 0.5) is 4.39 Å². The normalized spacial score (nSPS) is 13.1. The molecule has 1 aromatic rings. The van der Waals surface area contributed by atoms with Crippen LogP contribution in [0.1, 0.15) is 12.1 Å². The molecule has 0 spiro atoms. The SMILES string of the molecule is [O]C(F)c1ccccn1. The molecule has 0 N–H and O–H groups in total. The van der Waals surface area contributed by atoms with Crippen molar-refractivity contribution in [3.8, 4) is 0 Å². The Morgan fingerprint density at radius 1 is 1.56 bits per heavy atom. The van der Waals surface area contributed by atoms with E-state index in [2.05, 4.69) is 4.98 Å². The average molecular weight is 126 g/mol. The molecular formula is C6H5FNO. The molecule has 0 saturated carbocycles. The fourth-order valence-electron chi connectivity index (χ4n) is 0.510. The molecule has 0 aliphatic rings. The lowest BCUT2D eigenvalue weighted by Gasteiger charge is -1.93. The van der Waals surface area contributed by atoms with Gasteiger partial charge in [-0.2, -0.15) is 5.11 Å². The van der Waals surface area contributed by atoms with E-state index in [1.165, 1.54) is 12.3 Å². The summed E-state index contributed by atoms with van der Waals surface area (Å²) in [6, 6.07) is 4.57. The molecule has 3 heteroatoms. The van der Waals surface area contributed by atoms with Crippen molar-refractivity contribution in [3.05, 3.63) is 30.1 Å². The van der Waals surface area contributed by atoms with Crippen LogP contribution in [0.15, 0.2) is 24.4 Å². The molecule has 1 heterocycles. The first kappa shape index (κ1) is 6.16. The lowest BCUT2D eigenvalue weighted by Crippen LogP contribution is -1.89. The molecule has 47 valence electrons. The van der Waals surface area contributed by atoms with Crippen LogP contribution in [-0.4, -0.2) is 4.98 Å². The Morgan fingerprint density at radius 2 is 2.33 bits per heavy atom. The zero-order chi connectivity index (χ0) is 6.69. The summed E-state index contributed by atoms with van der Waals surface area (Å²) in [6.45, 7) is 0. The predicted molar refractivity (Wildman–Crippen MR) is 28.8 cm³/mol. The topological polar surface area (TPSA) is 32.8 Å². The second-order valence-electron chi connectivity index (χ2n) is 1.57. The van der Waals surface area contributed by atoms with E-state index in [1.54, 1.807) is 12.1 Å². The first-order chi connectivity index (χ1) is 4.30. The van der Waals surface area contributed by atoms with Gasteiger partial charge in [0.25, 0.3) is 6.36 Å². The molecular weight excluding hydrogens is 121 g/mol.